The molecule has 0 radical (unpaired) electrons. The van der Waals surface area contributed by atoms with Crippen molar-refractivity contribution in [2.75, 3.05) is 0 Å². The van der Waals surface area contributed by atoms with E-state index in [9.17, 15) is 9.59 Å². The maximum absolute atomic E-state index is 12.0. The topological polar surface area (TPSA) is 97.1 Å². The Morgan fingerprint density at radius 1 is 1.33 bits per heavy atom. The predicted molar refractivity (Wildman–Crippen MR) is 67.4 cm³/mol. The van der Waals surface area contributed by atoms with Crippen molar-refractivity contribution < 1.29 is 4.84 Å². The minimum Gasteiger partial charge on any atom is -0.296 e. The number of aromatic nitrogens is 4. The molecule has 8 nitrogen and oxygen atoms in total. The number of nitrogens with zero attached hydrogens (tertiary/aromatic N) is 4. The Hall–Kier alpha value is -1.64. The van der Waals surface area contributed by atoms with E-state index in [1.54, 1.807) is 14.0 Å². The molecule has 0 saturated carbocycles. The van der Waals surface area contributed by atoms with Crippen LogP contribution in [-0.4, -0.2) is 18.7 Å². The van der Waals surface area contributed by atoms with Crippen molar-refractivity contribution in [3.63, 3.8) is 0 Å². The van der Waals surface area contributed by atoms with E-state index >= 15 is 0 Å². The van der Waals surface area contributed by atoms with Gasteiger partial charge in [0.2, 0.25) is 0 Å². The largest absolute Gasteiger partial charge is 0.332 e. The molecule has 0 spiro atoms. The Morgan fingerprint density at radius 2 is 1.94 bits per heavy atom. The fraction of sp³-hybridized carbons (Fsp3) is 0.444. The van der Waals surface area contributed by atoms with Crippen molar-refractivity contribution >= 4 is 23.6 Å². The molecular formula is C9H14ClN5O3. The number of hydrogen-bond acceptors (Lipinski definition) is 5. The van der Waals surface area contributed by atoms with Crippen LogP contribution in [0.3, 0.4) is 0 Å². The van der Waals surface area contributed by atoms with E-state index in [1.807, 2.05) is 0 Å². The second kappa shape index (κ2) is 4.92. The smallest absolute Gasteiger partial charge is 0.296 e. The summed E-state index contributed by atoms with van der Waals surface area (Å²) >= 11 is 0. The van der Waals surface area contributed by atoms with Gasteiger partial charge in [-0.3, -0.25) is 23.3 Å². The van der Waals surface area contributed by atoms with Crippen molar-refractivity contribution in [2.24, 2.45) is 20.0 Å². The highest BCUT2D eigenvalue weighted by molar-refractivity contribution is 5.85. The van der Waals surface area contributed by atoms with Crippen LogP contribution < -0.4 is 17.1 Å². The Bertz CT molecular complexity index is 686. The summed E-state index contributed by atoms with van der Waals surface area (Å²) in [5, 5.41) is 0. The fourth-order valence-electron chi connectivity index (χ4n) is 1.71. The van der Waals surface area contributed by atoms with Gasteiger partial charge < -0.3 is 0 Å². The van der Waals surface area contributed by atoms with E-state index < -0.39 is 17.5 Å². The summed E-state index contributed by atoms with van der Waals surface area (Å²) in [6, 6.07) is 0. The summed E-state index contributed by atoms with van der Waals surface area (Å²) < 4.78 is 3.80. The molecule has 18 heavy (non-hydrogen) atoms. The summed E-state index contributed by atoms with van der Waals surface area (Å²) in [7, 11) is 2.96. The number of halogens is 1. The highest BCUT2D eigenvalue weighted by atomic mass is 35.5. The van der Waals surface area contributed by atoms with Crippen LogP contribution in [0.4, 0.5) is 0 Å². The standard InChI is InChI=1S/C9H13N5O3.ClH/c1-5(17-10)14-4-11-7-6(14)8(15)13(3)9(16)12(7)2;/h4-5H,10H2,1-3H3;1H. The maximum Gasteiger partial charge on any atom is 0.332 e. The quantitative estimate of drug-likeness (QED) is 0.729. The zero-order valence-corrected chi connectivity index (χ0v) is 11.0. The number of rotatable bonds is 2. The lowest BCUT2D eigenvalue weighted by Crippen LogP contribution is -2.37. The van der Waals surface area contributed by atoms with Crippen LogP contribution in [0.25, 0.3) is 11.2 Å². The van der Waals surface area contributed by atoms with E-state index in [1.165, 1.54) is 22.5 Å². The van der Waals surface area contributed by atoms with Crippen LogP contribution in [0.1, 0.15) is 13.2 Å². The molecule has 0 aliphatic heterocycles. The monoisotopic (exact) mass is 275 g/mol. The lowest BCUT2D eigenvalue weighted by atomic mass is 10.5. The minimum atomic E-state index is -0.537. The highest BCUT2D eigenvalue weighted by Gasteiger charge is 2.16. The maximum atomic E-state index is 12.0. The molecule has 0 aromatic carbocycles. The molecule has 2 aromatic rings. The molecule has 2 aromatic heterocycles. The normalized spacial score (nSPS) is 12.4. The van der Waals surface area contributed by atoms with Crippen LogP contribution in [-0.2, 0) is 18.9 Å². The third-order valence-electron chi connectivity index (χ3n) is 2.76. The van der Waals surface area contributed by atoms with Crippen LogP contribution >= 0.6 is 12.4 Å². The Balaban J connectivity index is 0.00000162. The van der Waals surface area contributed by atoms with Gasteiger partial charge in [0.05, 0.1) is 6.33 Å². The van der Waals surface area contributed by atoms with Crippen molar-refractivity contribution in [2.45, 2.75) is 13.2 Å². The molecule has 0 bridgehead atoms. The van der Waals surface area contributed by atoms with E-state index in [2.05, 4.69) is 9.82 Å². The van der Waals surface area contributed by atoms with Gasteiger partial charge in [-0.25, -0.2) is 15.7 Å². The number of hydrogen-bond donors (Lipinski definition) is 1. The number of fused-ring (bicyclic) bond motifs is 1. The van der Waals surface area contributed by atoms with E-state index in [-0.39, 0.29) is 17.9 Å². The van der Waals surface area contributed by atoms with Gasteiger partial charge in [-0.1, -0.05) is 0 Å². The van der Waals surface area contributed by atoms with Crippen LogP contribution in [0, 0.1) is 0 Å². The summed E-state index contributed by atoms with van der Waals surface area (Å²) in [5.74, 6) is 5.08. The van der Waals surface area contributed by atoms with Crippen LogP contribution in [0.15, 0.2) is 15.9 Å². The van der Waals surface area contributed by atoms with Gasteiger partial charge in [-0.2, -0.15) is 0 Å². The van der Waals surface area contributed by atoms with E-state index in [0.29, 0.717) is 5.65 Å². The molecule has 2 rings (SSSR count). The van der Waals surface area contributed by atoms with Gasteiger partial charge in [0, 0.05) is 14.1 Å². The van der Waals surface area contributed by atoms with Crippen LogP contribution in [0.2, 0.25) is 0 Å². The van der Waals surface area contributed by atoms with Gasteiger partial charge in [-0.15, -0.1) is 12.4 Å². The first-order valence-electron chi connectivity index (χ1n) is 4.97. The molecule has 1 unspecified atom stereocenters. The molecule has 0 saturated heterocycles. The van der Waals surface area contributed by atoms with Gasteiger partial charge >= 0.3 is 5.69 Å². The van der Waals surface area contributed by atoms with Gasteiger partial charge in [0.25, 0.3) is 5.56 Å². The lowest BCUT2D eigenvalue weighted by molar-refractivity contribution is 0.0179. The Labute approximate surface area is 108 Å². The van der Waals surface area contributed by atoms with Gasteiger partial charge in [0.15, 0.2) is 17.4 Å². The lowest BCUT2D eigenvalue weighted by Gasteiger charge is -2.11. The van der Waals surface area contributed by atoms with E-state index in [4.69, 9.17) is 5.90 Å². The molecule has 0 aliphatic rings. The number of aryl methyl sites for hydroxylation is 1. The molecule has 0 fully saturated rings. The predicted octanol–water partition coefficient (Wildman–Crippen LogP) is -0.736. The summed E-state index contributed by atoms with van der Waals surface area (Å²) in [4.78, 5) is 32.4. The molecular weight excluding hydrogens is 262 g/mol. The van der Waals surface area contributed by atoms with Gasteiger partial charge in [-0.05, 0) is 6.92 Å². The SMILES string of the molecule is CC(ON)n1cnc2c1c(=O)n(C)c(=O)n2C.Cl. The van der Waals surface area contributed by atoms with Crippen molar-refractivity contribution in [3.05, 3.63) is 27.2 Å². The highest BCUT2D eigenvalue weighted by Crippen LogP contribution is 2.12. The minimum absolute atomic E-state index is 0. The molecule has 100 valence electrons. The molecule has 0 aliphatic carbocycles. The van der Waals surface area contributed by atoms with Crippen molar-refractivity contribution in [3.8, 4) is 0 Å². The molecule has 9 heteroatoms. The van der Waals surface area contributed by atoms with Crippen LogP contribution in [0.5, 0.6) is 0 Å². The molecule has 2 N–H and O–H groups in total. The third kappa shape index (κ3) is 1.84. The number of imidazole rings is 1. The number of nitrogens with two attached hydrogens (primary N) is 1. The average Bonchev–Trinajstić information content (AvgIpc) is 2.77. The summed E-state index contributed by atoms with van der Waals surface area (Å²) in [5.41, 5.74) is -0.256. The molecule has 2 heterocycles. The fourth-order valence-corrected chi connectivity index (χ4v) is 1.71. The van der Waals surface area contributed by atoms with Gasteiger partial charge in [0.1, 0.15) is 0 Å². The first kappa shape index (κ1) is 14.4. The Morgan fingerprint density at radius 3 is 2.50 bits per heavy atom. The first-order chi connectivity index (χ1) is 7.99. The zero-order chi connectivity index (χ0) is 12.7. The average molecular weight is 276 g/mol. The second-order valence-corrected chi connectivity index (χ2v) is 3.77. The third-order valence-corrected chi connectivity index (χ3v) is 2.76. The zero-order valence-electron chi connectivity index (χ0n) is 10.2. The molecule has 1 atom stereocenters. The summed E-state index contributed by atoms with van der Waals surface area (Å²) in [6.45, 7) is 1.67. The second-order valence-electron chi connectivity index (χ2n) is 3.77. The van der Waals surface area contributed by atoms with Crippen molar-refractivity contribution in [1.82, 2.24) is 18.7 Å². The molecule has 0 amide bonds. The first-order valence-corrected chi connectivity index (χ1v) is 4.97. The summed E-state index contributed by atoms with van der Waals surface area (Å²) in [6.07, 6.45) is 0.883. The van der Waals surface area contributed by atoms with E-state index in [0.717, 1.165) is 4.57 Å². The van der Waals surface area contributed by atoms with Crippen molar-refractivity contribution in [1.29, 1.82) is 0 Å². The Kier molecular flexibility index (Phi) is 3.95.